The van der Waals surface area contributed by atoms with Crippen molar-refractivity contribution in [2.24, 2.45) is 5.16 Å². The fourth-order valence-corrected chi connectivity index (χ4v) is 1.74. The lowest BCUT2D eigenvalue weighted by Crippen LogP contribution is -2.34. The molecule has 0 bridgehead atoms. The van der Waals surface area contributed by atoms with E-state index in [9.17, 15) is 0 Å². The number of pyridine rings is 1. The number of nitrogens with zero attached hydrogens (tertiary/aromatic N) is 2. The molecule has 1 aromatic rings. The third-order valence-corrected chi connectivity index (χ3v) is 2.44. The molecule has 1 aliphatic heterocycles. The van der Waals surface area contributed by atoms with E-state index in [2.05, 4.69) is 15.5 Å². The summed E-state index contributed by atoms with van der Waals surface area (Å²) in [6.45, 7) is 0.957. The van der Waals surface area contributed by atoms with Crippen LogP contribution in [-0.2, 0) is 0 Å². The summed E-state index contributed by atoms with van der Waals surface area (Å²) in [6.07, 6.45) is 5.41. The molecule has 1 atom stereocenters. The van der Waals surface area contributed by atoms with Gasteiger partial charge in [0.25, 0.3) is 0 Å². The number of hydrogen-bond donors (Lipinski definition) is 2. The van der Waals surface area contributed by atoms with Gasteiger partial charge in [0.05, 0.1) is 11.8 Å². The molecule has 0 saturated carbocycles. The maximum Gasteiger partial charge on any atom is 0.0786 e. The van der Waals surface area contributed by atoms with Crippen molar-refractivity contribution in [2.75, 3.05) is 6.54 Å². The van der Waals surface area contributed by atoms with Crippen molar-refractivity contribution < 1.29 is 5.21 Å². The summed E-state index contributed by atoms with van der Waals surface area (Å²) in [6, 6.07) is 3.91. The van der Waals surface area contributed by atoms with Crippen LogP contribution in [0.4, 0.5) is 0 Å². The van der Waals surface area contributed by atoms with Gasteiger partial charge in [0.15, 0.2) is 0 Å². The third kappa shape index (κ3) is 1.75. The molecule has 14 heavy (non-hydrogen) atoms. The summed E-state index contributed by atoms with van der Waals surface area (Å²) in [5, 5.41) is 15.5. The topological polar surface area (TPSA) is 57.5 Å². The van der Waals surface area contributed by atoms with Crippen molar-refractivity contribution in [2.45, 2.75) is 18.9 Å². The van der Waals surface area contributed by atoms with Crippen LogP contribution in [0.2, 0.25) is 0 Å². The van der Waals surface area contributed by atoms with Gasteiger partial charge in [-0.25, -0.2) is 0 Å². The monoisotopic (exact) mass is 191 g/mol. The predicted molar refractivity (Wildman–Crippen MR) is 53.4 cm³/mol. The molecule has 4 heteroatoms. The van der Waals surface area contributed by atoms with Gasteiger partial charge >= 0.3 is 0 Å². The molecule has 1 saturated heterocycles. The highest BCUT2D eigenvalue weighted by Gasteiger charge is 2.21. The normalized spacial score (nSPS) is 25.1. The Bertz CT molecular complexity index is 323. The number of aromatic nitrogens is 1. The van der Waals surface area contributed by atoms with Crippen LogP contribution >= 0.6 is 0 Å². The minimum Gasteiger partial charge on any atom is -0.411 e. The number of hydrogen-bond acceptors (Lipinski definition) is 4. The van der Waals surface area contributed by atoms with Gasteiger partial charge in [0.1, 0.15) is 0 Å². The Morgan fingerprint density at radius 3 is 3.21 bits per heavy atom. The first-order valence-corrected chi connectivity index (χ1v) is 4.76. The van der Waals surface area contributed by atoms with Crippen molar-refractivity contribution >= 4 is 5.71 Å². The second kappa shape index (κ2) is 4.19. The van der Waals surface area contributed by atoms with E-state index in [0.29, 0.717) is 0 Å². The van der Waals surface area contributed by atoms with E-state index in [0.717, 1.165) is 30.7 Å². The van der Waals surface area contributed by atoms with E-state index in [1.807, 2.05) is 12.1 Å². The molecule has 0 amide bonds. The first kappa shape index (κ1) is 9.15. The van der Waals surface area contributed by atoms with Gasteiger partial charge in [0, 0.05) is 12.4 Å². The molecule has 0 radical (unpaired) electrons. The Balaban J connectivity index is 2.24. The SMILES string of the molecule is O/N=C1\CCCNC1c1cccnc1. The summed E-state index contributed by atoms with van der Waals surface area (Å²) in [4.78, 5) is 4.05. The van der Waals surface area contributed by atoms with Crippen LogP contribution in [0.15, 0.2) is 29.7 Å². The number of rotatable bonds is 1. The maximum absolute atomic E-state index is 8.85. The third-order valence-electron chi connectivity index (χ3n) is 2.44. The Morgan fingerprint density at radius 2 is 2.50 bits per heavy atom. The minimum absolute atomic E-state index is 0.0300. The lowest BCUT2D eigenvalue weighted by Gasteiger charge is -2.24. The zero-order chi connectivity index (χ0) is 9.80. The van der Waals surface area contributed by atoms with E-state index in [4.69, 9.17) is 5.21 Å². The number of oxime groups is 1. The van der Waals surface area contributed by atoms with E-state index < -0.39 is 0 Å². The van der Waals surface area contributed by atoms with E-state index in [-0.39, 0.29) is 6.04 Å². The van der Waals surface area contributed by atoms with Crippen LogP contribution < -0.4 is 5.32 Å². The summed E-state index contributed by atoms with van der Waals surface area (Å²) in [5.74, 6) is 0. The molecule has 0 aliphatic carbocycles. The van der Waals surface area contributed by atoms with E-state index in [1.165, 1.54) is 0 Å². The first-order valence-electron chi connectivity index (χ1n) is 4.76. The fourth-order valence-electron chi connectivity index (χ4n) is 1.74. The molecule has 1 aliphatic rings. The van der Waals surface area contributed by atoms with Gasteiger partial charge in [-0.1, -0.05) is 11.2 Å². The average Bonchev–Trinajstić information content (AvgIpc) is 2.30. The molecule has 1 unspecified atom stereocenters. The highest BCUT2D eigenvalue weighted by molar-refractivity contribution is 5.90. The largest absolute Gasteiger partial charge is 0.411 e. The summed E-state index contributed by atoms with van der Waals surface area (Å²) < 4.78 is 0. The highest BCUT2D eigenvalue weighted by Crippen LogP contribution is 2.19. The molecule has 2 heterocycles. The molecule has 1 fully saturated rings. The Kier molecular flexibility index (Phi) is 2.74. The Morgan fingerprint density at radius 1 is 1.57 bits per heavy atom. The van der Waals surface area contributed by atoms with Gasteiger partial charge in [-0.05, 0) is 31.0 Å². The lowest BCUT2D eigenvalue weighted by molar-refractivity contribution is 0.311. The zero-order valence-corrected chi connectivity index (χ0v) is 7.85. The quantitative estimate of drug-likeness (QED) is 0.520. The molecular formula is C10H13N3O. The van der Waals surface area contributed by atoms with Gasteiger partial charge in [-0.15, -0.1) is 0 Å². The van der Waals surface area contributed by atoms with Crippen LogP contribution in [0.3, 0.4) is 0 Å². The van der Waals surface area contributed by atoms with Crippen molar-refractivity contribution in [3.05, 3.63) is 30.1 Å². The van der Waals surface area contributed by atoms with Gasteiger partial charge in [-0.3, -0.25) is 4.98 Å². The van der Waals surface area contributed by atoms with Crippen molar-refractivity contribution in [3.8, 4) is 0 Å². The second-order valence-electron chi connectivity index (χ2n) is 3.37. The van der Waals surface area contributed by atoms with Crippen molar-refractivity contribution in [1.82, 2.24) is 10.3 Å². The van der Waals surface area contributed by atoms with E-state index >= 15 is 0 Å². The molecule has 74 valence electrons. The first-order chi connectivity index (χ1) is 6.92. The zero-order valence-electron chi connectivity index (χ0n) is 7.85. The molecule has 1 aromatic heterocycles. The van der Waals surface area contributed by atoms with Gasteiger partial charge < -0.3 is 10.5 Å². The number of piperidine rings is 1. The molecule has 0 spiro atoms. The lowest BCUT2D eigenvalue weighted by atomic mass is 9.97. The Labute approximate surface area is 82.7 Å². The highest BCUT2D eigenvalue weighted by atomic mass is 16.4. The second-order valence-corrected chi connectivity index (χ2v) is 3.37. The summed E-state index contributed by atoms with van der Waals surface area (Å²) in [5.41, 5.74) is 1.85. The van der Waals surface area contributed by atoms with Crippen LogP contribution in [0, 0.1) is 0 Å². The molecule has 2 N–H and O–H groups in total. The summed E-state index contributed by atoms with van der Waals surface area (Å²) in [7, 11) is 0. The summed E-state index contributed by atoms with van der Waals surface area (Å²) >= 11 is 0. The maximum atomic E-state index is 8.85. The molecule has 4 nitrogen and oxygen atoms in total. The smallest absolute Gasteiger partial charge is 0.0786 e. The van der Waals surface area contributed by atoms with E-state index in [1.54, 1.807) is 12.4 Å². The molecule has 0 aromatic carbocycles. The molecular weight excluding hydrogens is 178 g/mol. The predicted octanol–water partition coefficient (Wildman–Crippen LogP) is 1.34. The number of nitrogens with one attached hydrogen (secondary N) is 1. The van der Waals surface area contributed by atoms with Crippen molar-refractivity contribution in [3.63, 3.8) is 0 Å². The van der Waals surface area contributed by atoms with Crippen LogP contribution in [0.1, 0.15) is 24.4 Å². The van der Waals surface area contributed by atoms with Gasteiger partial charge in [-0.2, -0.15) is 0 Å². The fraction of sp³-hybridized carbons (Fsp3) is 0.400. The molecule has 2 rings (SSSR count). The minimum atomic E-state index is 0.0300. The van der Waals surface area contributed by atoms with Crippen LogP contribution in [0.25, 0.3) is 0 Å². The van der Waals surface area contributed by atoms with Crippen LogP contribution in [-0.4, -0.2) is 22.4 Å². The van der Waals surface area contributed by atoms with Crippen molar-refractivity contribution in [1.29, 1.82) is 0 Å². The standard InChI is InChI=1S/C10H13N3O/c14-13-9-4-2-6-12-10(9)8-3-1-5-11-7-8/h1,3,5,7,10,12,14H,2,4,6H2/b13-9+. The average molecular weight is 191 g/mol. The van der Waals surface area contributed by atoms with Crippen LogP contribution in [0.5, 0.6) is 0 Å². The Hall–Kier alpha value is -1.42. The van der Waals surface area contributed by atoms with Gasteiger partial charge in [0.2, 0.25) is 0 Å².